The van der Waals surface area contributed by atoms with Crippen molar-refractivity contribution in [2.45, 2.75) is 71.6 Å². The molecule has 138 valence electrons. The Bertz CT molecular complexity index is 566. The van der Waals surface area contributed by atoms with E-state index < -0.39 is 0 Å². The molecule has 0 unspecified atom stereocenters. The van der Waals surface area contributed by atoms with Gasteiger partial charge in [0, 0.05) is 31.8 Å². The van der Waals surface area contributed by atoms with E-state index >= 15 is 0 Å². The summed E-state index contributed by atoms with van der Waals surface area (Å²) in [6, 6.07) is 9.00. The minimum atomic E-state index is 0.0768. The maximum absolute atomic E-state index is 12.3. The highest BCUT2D eigenvalue weighted by molar-refractivity contribution is 5.81. The number of hydrogen-bond acceptors (Lipinski definition) is 2. The molecule has 0 spiro atoms. The van der Waals surface area contributed by atoms with Crippen LogP contribution in [0.1, 0.15) is 82.8 Å². The molecule has 1 heterocycles. The second-order valence-corrected chi connectivity index (χ2v) is 7.95. The van der Waals surface area contributed by atoms with Crippen molar-refractivity contribution in [3.63, 3.8) is 0 Å². The number of hydrogen-bond donors (Lipinski definition) is 0. The van der Waals surface area contributed by atoms with Gasteiger partial charge in [0.15, 0.2) is 0 Å². The molecule has 0 radical (unpaired) electrons. The first-order valence-corrected chi connectivity index (χ1v) is 9.78. The molecule has 0 atom stereocenters. The van der Waals surface area contributed by atoms with Crippen molar-refractivity contribution < 1.29 is 9.59 Å². The average molecular weight is 344 g/mol. The van der Waals surface area contributed by atoms with Gasteiger partial charge in [-0.2, -0.15) is 0 Å². The highest BCUT2D eigenvalue weighted by Crippen LogP contribution is 2.29. The quantitative estimate of drug-likeness (QED) is 0.705. The summed E-state index contributed by atoms with van der Waals surface area (Å²) in [6.07, 6.45) is 3.80. The Balaban J connectivity index is 1.77. The lowest BCUT2D eigenvalue weighted by Gasteiger charge is -2.32. The first-order chi connectivity index (χ1) is 11.9. The molecule has 25 heavy (non-hydrogen) atoms. The van der Waals surface area contributed by atoms with Crippen molar-refractivity contribution in [1.29, 1.82) is 0 Å². The van der Waals surface area contributed by atoms with Gasteiger partial charge in [-0.15, -0.1) is 0 Å². The predicted molar refractivity (Wildman–Crippen MR) is 103 cm³/mol. The fraction of sp³-hybridized carbons (Fsp3) is 0.636. The van der Waals surface area contributed by atoms with Crippen LogP contribution in [-0.4, -0.2) is 29.7 Å². The summed E-state index contributed by atoms with van der Waals surface area (Å²) in [5, 5.41) is 0. The van der Waals surface area contributed by atoms with E-state index in [1.54, 1.807) is 0 Å². The molecule has 0 N–H and O–H groups in total. The maximum atomic E-state index is 12.3. The first kappa shape index (κ1) is 19.7. The van der Waals surface area contributed by atoms with Crippen LogP contribution in [0.4, 0.5) is 0 Å². The summed E-state index contributed by atoms with van der Waals surface area (Å²) in [4.78, 5) is 26.0. The smallest absolute Gasteiger partial charge is 0.222 e. The molecule has 1 aromatic carbocycles. The molecule has 0 saturated carbocycles. The Morgan fingerprint density at radius 1 is 1.00 bits per heavy atom. The normalized spacial score (nSPS) is 15.8. The largest absolute Gasteiger partial charge is 0.343 e. The van der Waals surface area contributed by atoms with Gasteiger partial charge in [-0.3, -0.25) is 9.59 Å². The van der Waals surface area contributed by atoms with E-state index in [1.165, 1.54) is 11.1 Å². The molecule has 2 rings (SSSR count). The van der Waals surface area contributed by atoms with Gasteiger partial charge in [0.25, 0.3) is 0 Å². The Labute approximate surface area is 152 Å². The minimum Gasteiger partial charge on any atom is -0.343 e. The van der Waals surface area contributed by atoms with Gasteiger partial charge in [0.05, 0.1) is 0 Å². The second-order valence-electron chi connectivity index (χ2n) is 7.95. The predicted octanol–water partition coefficient (Wildman–Crippen LogP) is 4.91. The molecular weight excluding hydrogens is 310 g/mol. The summed E-state index contributed by atoms with van der Waals surface area (Å²) < 4.78 is 0. The summed E-state index contributed by atoms with van der Waals surface area (Å²) in [5.41, 5.74) is 2.78. The monoisotopic (exact) mass is 343 g/mol. The van der Waals surface area contributed by atoms with Gasteiger partial charge in [0.1, 0.15) is 5.78 Å². The molecule has 0 aliphatic carbocycles. The van der Waals surface area contributed by atoms with Crippen LogP contribution in [0.15, 0.2) is 24.3 Å². The summed E-state index contributed by atoms with van der Waals surface area (Å²) in [5.74, 6) is 1.68. The Morgan fingerprint density at radius 3 is 2.12 bits per heavy atom. The molecule has 1 aromatic rings. The number of carbonyl (C=O) groups excluding carboxylic acids is 2. The summed E-state index contributed by atoms with van der Waals surface area (Å²) in [6.45, 7) is 9.95. The fourth-order valence-electron chi connectivity index (χ4n) is 3.48. The minimum absolute atomic E-state index is 0.0768. The highest BCUT2D eigenvalue weighted by atomic mass is 16.2. The van der Waals surface area contributed by atoms with E-state index in [-0.39, 0.29) is 17.6 Å². The average Bonchev–Trinajstić information content (AvgIpc) is 2.61. The van der Waals surface area contributed by atoms with Crippen molar-refractivity contribution in [2.24, 2.45) is 5.92 Å². The van der Waals surface area contributed by atoms with Gasteiger partial charge in [-0.05, 0) is 42.2 Å². The van der Waals surface area contributed by atoms with Crippen LogP contribution < -0.4 is 0 Å². The Kier molecular flexibility index (Phi) is 7.22. The number of ketones is 1. The molecule has 1 amide bonds. The fourth-order valence-corrected chi connectivity index (χ4v) is 3.48. The van der Waals surface area contributed by atoms with Gasteiger partial charge >= 0.3 is 0 Å². The standard InChI is InChI=1S/C22H33NO2/c1-16(2)18-8-10-19(11-9-18)20-12-14-23(15-13-20)22(25)7-5-6-21(24)17(3)4/h8-11,16-17,20H,5-7,12-15H2,1-4H3. The first-order valence-electron chi connectivity index (χ1n) is 9.78. The number of nitrogens with zero attached hydrogens (tertiary/aromatic N) is 1. The van der Waals surface area contributed by atoms with Crippen LogP contribution in [0.5, 0.6) is 0 Å². The van der Waals surface area contributed by atoms with Crippen molar-refractivity contribution in [3.8, 4) is 0 Å². The highest BCUT2D eigenvalue weighted by Gasteiger charge is 2.23. The third-order valence-electron chi connectivity index (χ3n) is 5.38. The van der Waals surface area contributed by atoms with E-state index in [9.17, 15) is 9.59 Å². The summed E-state index contributed by atoms with van der Waals surface area (Å²) >= 11 is 0. The second kappa shape index (κ2) is 9.17. The zero-order chi connectivity index (χ0) is 18.4. The summed E-state index contributed by atoms with van der Waals surface area (Å²) in [7, 11) is 0. The third-order valence-corrected chi connectivity index (χ3v) is 5.38. The lowest BCUT2D eigenvalue weighted by atomic mass is 9.88. The van der Waals surface area contributed by atoms with Crippen LogP contribution >= 0.6 is 0 Å². The van der Waals surface area contributed by atoms with Gasteiger partial charge in [0.2, 0.25) is 5.91 Å². The number of Topliss-reactive ketones (excluding diaryl/α,β-unsaturated/α-hetero) is 1. The number of benzene rings is 1. The Morgan fingerprint density at radius 2 is 1.60 bits per heavy atom. The van der Waals surface area contributed by atoms with Gasteiger partial charge in [-0.1, -0.05) is 52.0 Å². The molecule has 0 aromatic heterocycles. The maximum Gasteiger partial charge on any atom is 0.222 e. The molecular formula is C22H33NO2. The topological polar surface area (TPSA) is 37.4 Å². The lowest BCUT2D eigenvalue weighted by Crippen LogP contribution is -2.37. The zero-order valence-electron chi connectivity index (χ0n) is 16.3. The van der Waals surface area contributed by atoms with Crippen LogP contribution in [0.2, 0.25) is 0 Å². The Hall–Kier alpha value is -1.64. The number of piperidine rings is 1. The van der Waals surface area contributed by atoms with Gasteiger partial charge in [-0.25, -0.2) is 0 Å². The SMILES string of the molecule is CC(C)C(=O)CCCC(=O)N1CCC(c2ccc(C(C)C)cc2)CC1. The van der Waals surface area contributed by atoms with Crippen molar-refractivity contribution in [2.75, 3.05) is 13.1 Å². The molecule has 1 fully saturated rings. The molecule has 1 aliphatic heterocycles. The van der Waals surface area contributed by atoms with Crippen LogP contribution in [0.25, 0.3) is 0 Å². The van der Waals surface area contributed by atoms with E-state index in [1.807, 2.05) is 18.7 Å². The molecule has 3 heteroatoms. The molecule has 1 aliphatic rings. The van der Waals surface area contributed by atoms with Crippen LogP contribution in [-0.2, 0) is 9.59 Å². The number of likely N-dealkylation sites (tertiary alicyclic amines) is 1. The lowest BCUT2D eigenvalue weighted by molar-refractivity contribution is -0.132. The number of rotatable bonds is 7. The van der Waals surface area contributed by atoms with E-state index in [4.69, 9.17) is 0 Å². The van der Waals surface area contributed by atoms with Crippen LogP contribution in [0, 0.1) is 5.92 Å². The third kappa shape index (κ3) is 5.69. The van der Waals surface area contributed by atoms with Crippen molar-refractivity contribution >= 4 is 11.7 Å². The van der Waals surface area contributed by atoms with E-state index in [2.05, 4.69) is 38.1 Å². The van der Waals surface area contributed by atoms with E-state index in [0.717, 1.165) is 25.9 Å². The van der Waals surface area contributed by atoms with Gasteiger partial charge < -0.3 is 4.90 Å². The molecule has 3 nitrogen and oxygen atoms in total. The number of carbonyl (C=O) groups is 2. The molecule has 1 saturated heterocycles. The zero-order valence-corrected chi connectivity index (χ0v) is 16.3. The number of amides is 1. The molecule has 0 bridgehead atoms. The van der Waals surface area contributed by atoms with Crippen molar-refractivity contribution in [3.05, 3.63) is 35.4 Å². The van der Waals surface area contributed by atoms with E-state index in [0.29, 0.717) is 31.1 Å². The van der Waals surface area contributed by atoms with Crippen molar-refractivity contribution in [1.82, 2.24) is 4.90 Å². The van der Waals surface area contributed by atoms with Crippen LogP contribution in [0.3, 0.4) is 0 Å².